The van der Waals surface area contributed by atoms with Crippen LogP contribution in [0.1, 0.15) is 21.7 Å². The highest BCUT2D eigenvalue weighted by atomic mass is 32.2. The quantitative estimate of drug-likeness (QED) is 0.566. The summed E-state index contributed by atoms with van der Waals surface area (Å²) in [5.41, 5.74) is 4.94. The molecule has 2 aromatic carbocycles. The zero-order valence-corrected chi connectivity index (χ0v) is 14.0. The standard InChI is InChI=1S/C18H17NS2/c1-12-10-16-17(11-13(12)2)21-18(19-16)9-6-14-4-7-15(20-3)8-5-14/h4-11H,1-3H3/b9-6+. The Labute approximate surface area is 133 Å². The minimum Gasteiger partial charge on any atom is -0.237 e. The van der Waals surface area contributed by atoms with Crippen molar-refractivity contribution in [3.05, 3.63) is 58.1 Å². The zero-order valence-electron chi connectivity index (χ0n) is 12.4. The van der Waals surface area contributed by atoms with Crippen LogP contribution < -0.4 is 0 Å². The van der Waals surface area contributed by atoms with Gasteiger partial charge in [0.2, 0.25) is 0 Å². The van der Waals surface area contributed by atoms with Crippen molar-refractivity contribution < 1.29 is 0 Å². The van der Waals surface area contributed by atoms with Gasteiger partial charge in [-0.3, -0.25) is 0 Å². The van der Waals surface area contributed by atoms with E-state index in [2.05, 4.69) is 68.7 Å². The second-order valence-corrected chi connectivity index (χ2v) is 7.00. The summed E-state index contributed by atoms with van der Waals surface area (Å²) in [6.45, 7) is 4.29. The van der Waals surface area contributed by atoms with Crippen LogP contribution in [-0.4, -0.2) is 11.2 Å². The van der Waals surface area contributed by atoms with E-state index < -0.39 is 0 Å². The Hall–Kier alpha value is -1.58. The summed E-state index contributed by atoms with van der Waals surface area (Å²) < 4.78 is 1.26. The van der Waals surface area contributed by atoms with Crippen LogP contribution in [0.15, 0.2) is 41.3 Å². The summed E-state index contributed by atoms with van der Waals surface area (Å²) >= 11 is 3.51. The lowest BCUT2D eigenvalue weighted by atomic mass is 10.1. The Morgan fingerprint density at radius 2 is 1.71 bits per heavy atom. The van der Waals surface area contributed by atoms with E-state index in [1.807, 2.05) is 0 Å². The minimum atomic E-state index is 1.06. The Kier molecular flexibility index (Phi) is 4.13. The number of nitrogens with zero attached hydrogens (tertiary/aromatic N) is 1. The Bertz CT molecular complexity index is 759. The second-order valence-electron chi connectivity index (χ2n) is 5.06. The molecule has 0 N–H and O–H groups in total. The van der Waals surface area contributed by atoms with Crippen LogP contribution in [0.3, 0.4) is 0 Å². The molecule has 3 aromatic rings. The molecule has 1 aromatic heterocycles. The van der Waals surface area contributed by atoms with Crippen molar-refractivity contribution in [3.8, 4) is 0 Å². The average molecular weight is 311 g/mol. The molecule has 0 aliphatic rings. The summed E-state index contributed by atoms with van der Waals surface area (Å²) in [7, 11) is 0. The Morgan fingerprint density at radius 1 is 1.00 bits per heavy atom. The number of thioether (sulfide) groups is 1. The molecule has 0 radical (unpaired) electrons. The normalized spacial score (nSPS) is 11.6. The van der Waals surface area contributed by atoms with Gasteiger partial charge in [-0.15, -0.1) is 23.1 Å². The predicted molar refractivity (Wildman–Crippen MR) is 96.2 cm³/mol. The lowest BCUT2D eigenvalue weighted by molar-refractivity contribution is 1.35. The van der Waals surface area contributed by atoms with Gasteiger partial charge in [0.15, 0.2) is 0 Å². The van der Waals surface area contributed by atoms with Crippen LogP contribution in [0.2, 0.25) is 0 Å². The molecule has 1 nitrogen and oxygen atoms in total. The van der Waals surface area contributed by atoms with Crippen molar-refractivity contribution in [1.82, 2.24) is 4.98 Å². The topological polar surface area (TPSA) is 12.9 Å². The third-order valence-electron chi connectivity index (χ3n) is 3.55. The summed E-state index contributed by atoms with van der Waals surface area (Å²) in [5, 5.41) is 1.06. The van der Waals surface area contributed by atoms with E-state index in [1.54, 1.807) is 23.1 Å². The summed E-state index contributed by atoms with van der Waals surface area (Å²) in [6.07, 6.45) is 6.32. The molecule has 106 valence electrons. The van der Waals surface area contributed by atoms with Crippen LogP contribution in [0, 0.1) is 13.8 Å². The third kappa shape index (κ3) is 3.20. The molecule has 3 heteroatoms. The van der Waals surface area contributed by atoms with Gasteiger partial charge < -0.3 is 0 Å². The number of rotatable bonds is 3. The van der Waals surface area contributed by atoms with E-state index >= 15 is 0 Å². The van der Waals surface area contributed by atoms with Crippen molar-refractivity contribution in [1.29, 1.82) is 0 Å². The van der Waals surface area contributed by atoms with Gasteiger partial charge in [-0.2, -0.15) is 0 Å². The lowest BCUT2D eigenvalue weighted by Crippen LogP contribution is -1.79. The first-order chi connectivity index (χ1) is 10.2. The fourth-order valence-electron chi connectivity index (χ4n) is 2.15. The molecule has 3 rings (SSSR count). The lowest BCUT2D eigenvalue weighted by Gasteiger charge is -1.96. The molecule has 0 aliphatic carbocycles. The highest BCUT2D eigenvalue weighted by molar-refractivity contribution is 7.98. The maximum Gasteiger partial charge on any atom is 0.117 e. The van der Waals surface area contributed by atoms with E-state index in [0.717, 1.165) is 10.5 Å². The Balaban J connectivity index is 1.88. The first kappa shape index (κ1) is 14.4. The molecule has 0 aliphatic heterocycles. The average Bonchev–Trinajstić information content (AvgIpc) is 2.88. The second kappa shape index (κ2) is 6.04. The van der Waals surface area contributed by atoms with Crippen molar-refractivity contribution in [2.24, 2.45) is 0 Å². The number of aromatic nitrogens is 1. The summed E-state index contributed by atoms with van der Waals surface area (Å²) in [6, 6.07) is 13.0. The first-order valence-corrected chi connectivity index (χ1v) is 8.90. The van der Waals surface area contributed by atoms with E-state index in [9.17, 15) is 0 Å². The van der Waals surface area contributed by atoms with E-state index in [1.165, 1.54) is 26.3 Å². The maximum atomic E-state index is 4.69. The fourth-order valence-corrected chi connectivity index (χ4v) is 3.51. The fraction of sp³-hybridized carbons (Fsp3) is 0.167. The molecule has 0 fully saturated rings. The van der Waals surface area contributed by atoms with E-state index in [4.69, 9.17) is 4.98 Å². The largest absolute Gasteiger partial charge is 0.237 e. The molecular formula is C18H17NS2. The highest BCUT2D eigenvalue weighted by Gasteiger charge is 2.03. The molecule has 0 saturated heterocycles. The van der Waals surface area contributed by atoms with E-state index in [0.29, 0.717) is 0 Å². The van der Waals surface area contributed by atoms with Gasteiger partial charge in [-0.1, -0.05) is 18.2 Å². The van der Waals surface area contributed by atoms with Crippen LogP contribution >= 0.6 is 23.1 Å². The third-order valence-corrected chi connectivity index (χ3v) is 5.28. The number of fused-ring (bicyclic) bond motifs is 1. The molecule has 0 saturated carbocycles. The molecule has 0 bridgehead atoms. The SMILES string of the molecule is CSc1ccc(/C=C/c2nc3cc(C)c(C)cc3s2)cc1. The molecule has 0 spiro atoms. The van der Waals surface area contributed by atoms with Gasteiger partial charge in [0, 0.05) is 4.90 Å². The predicted octanol–water partition coefficient (Wildman–Crippen LogP) is 5.81. The van der Waals surface area contributed by atoms with E-state index in [-0.39, 0.29) is 0 Å². The Morgan fingerprint density at radius 3 is 2.43 bits per heavy atom. The van der Waals surface area contributed by atoms with Crippen LogP contribution in [0.4, 0.5) is 0 Å². The van der Waals surface area contributed by atoms with Gasteiger partial charge in [0.1, 0.15) is 5.01 Å². The number of aryl methyl sites for hydroxylation is 2. The number of hydrogen-bond donors (Lipinski definition) is 0. The molecule has 21 heavy (non-hydrogen) atoms. The number of thiazole rings is 1. The summed E-state index contributed by atoms with van der Waals surface area (Å²) in [4.78, 5) is 5.98. The van der Waals surface area contributed by atoms with Crippen molar-refractivity contribution in [2.45, 2.75) is 18.7 Å². The van der Waals surface area contributed by atoms with Crippen LogP contribution in [-0.2, 0) is 0 Å². The number of benzene rings is 2. The van der Waals surface area contributed by atoms with Gasteiger partial charge in [0.25, 0.3) is 0 Å². The molecular weight excluding hydrogens is 294 g/mol. The minimum absolute atomic E-state index is 1.06. The van der Waals surface area contributed by atoms with Gasteiger partial charge >= 0.3 is 0 Å². The van der Waals surface area contributed by atoms with Gasteiger partial charge in [-0.05, 0) is 67.1 Å². The maximum absolute atomic E-state index is 4.69. The molecule has 0 unspecified atom stereocenters. The monoisotopic (exact) mass is 311 g/mol. The van der Waals surface area contributed by atoms with Crippen molar-refractivity contribution >= 4 is 45.5 Å². The van der Waals surface area contributed by atoms with Crippen LogP contribution in [0.5, 0.6) is 0 Å². The first-order valence-electron chi connectivity index (χ1n) is 6.85. The summed E-state index contributed by atoms with van der Waals surface area (Å²) in [5.74, 6) is 0. The molecule has 1 heterocycles. The van der Waals surface area contributed by atoms with Gasteiger partial charge in [0.05, 0.1) is 10.2 Å². The molecule has 0 atom stereocenters. The van der Waals surface area contributed by atoms with Crippen molar-refractivity contribution in [3.63, 3.8) is 0 Å². The zero-order chi connectivity index (χ0) is 14.8. The van der Waals surface area contributed by atoms with Crippen molar-refractivity contribution in [2.75, 3.05) is 6.26 Å². The van der Waals surface area contributed by atoms with Gasteiger partial charge in [-0.25, -0.2) is 4.98 Å². The van der Waals surface area contributed by atoms with Crippen LogP contribution in [0.25, 0.3) is 22.4 Å². The highest BCUT2D eigenvalue weighted by Crippen LogP contribution is 2.26. The number of hydrogen-bond acceptors (Lipinski definition) is 3. The smallest absolute Gasteiger partial charge is 0.117 e. The molecule has 0 amide bonds.